The third kappa shape index (κ3) is 4.90. The van der Waals surface area contributed by atoms with Crippen LogP contribution in [0.1, 0.15) is 25.3 Å². The zero-order chi connectivity index (χ0) is 15.1. The van der Waals surface area contributed by atoms with Gasteiger partial charge in [0.15, 0.2) is 11.5 Å². The molecular weight excluding hydrogens is 266 g/mol. The van der Waals surface area contributed by atoms with Crippen LogP contribution >= 0.6 is 0 Å². The molecule has 2 rings (SSSR count). The maximum absolute atomic E-state index is 5.40. The Labute approximate surface area is 127 Å². The van der Waals surface area contributed by atoms with E-state index < -0.39 is 0 Å². The van der Waals surface area contributed by atoms with Gasteiger partial charge in [-0.15, -0.1) is 0 Å². The van der Waals surface area contributed by atoms with Crippen LogP contribution in [0.5, 0.6) is 11.5 Å². The zero-order valence-corrected chi connectivity index (χ0v) is 13.4. The highest BCUT2D eigenvalue weighted by Gasteiger charge is 2.15. The summed E-state index contributed by atoms with van der Waals surface area (Å²) in [4.78, 5) is 0. The molecule has 0 saturated carbocycles. The van der Waals surface area contributed by atoms with Crippen molar-refractivity contribution in [2.45, 2.75) is 32.2 Å². The van der Waals surface area contributed by atoms with Gasteiger partial charge in [-0.1, -0.05) is 6.07 Å². The lowest BCUT2D eigenvalue weighted by atomic mass is 9.99. The maximum atomic E-state index is 5.40. The monoisotopic (exact) mass is 293 g/mol. The zero-order valence-electron chi connectivity index (χ0n) is 13.4. The molecule has 1 aliphatic rings. The topological polar surface area (TPSA) is 39.7 Å². The highest BCUT2D eigenvalue weighted by Crippen LogP contribution is 2.28. The van der Waals surface area contributed by atoms with Gasteiger partial charge < -0.3 is 19.5 Å². The smallest absolute Gasteiger partial charge is 0.160 e. The van der Waals surface area contributed by atoms with Gasteiger partial charge in [0.2, 0.25) is 0 Å². The van der Waals surface area contributed by atoms with Crippen molar-refractivity contribution in [3.8, 4) is 11.5 Å². The molecule has 0 radical (unpaired) electrons. The Hall–Kier alpha value is -1.26. The normalized spacial score (nSPS) is 17.5. The fraction of sp³-hybridized carbons (Fsp3) is 0.647. The molecule has 0 bridgehead atoms. The molecule has 1 N–H and O–H groups in total. The molecule has 21 heavy (non-hydrogen) atoms. The summed E-state index contributed by atoms with van der Waals surface area (Å²) in [5.74, 6) is 2.34. The molecule has 1 fully saturated rings. The van der Waals surface area contributed by atoms with E-state index in [4.69, 9.17) is 14.2 Å². The van der Waals surface area contributed by atoms with Crippen molar-refractivity contribution in [3.63, 3.8) is 0 Å². The summed E-state index contributed by atoms with van der Waals surface area (Å²) in [6, 6.07) is 6.59. The molecule has 4 heteroatoms. The highest BCUT2D eigenvalue weighted by atomic mass is 16.5. The molecule has 0 aromatic heterocycles. The number of hydrogen-bond donors (Lipinski definition) is 1. The summed E-state index contributed by atoms with van der Waals surface area (Å²) >= 11 is 0. The van der Waals surface area contributed by atoms with Crippen LogP contribution in [0.25, 0.3) is 0 Å². The van der Waals surface area contributed by atoms with Gasteiger partial charge in [-0.3, -0.25) is 0 Å². The molecule has 4 nitrogen and oxygen atoms in total. The first kappa shape index (κ1) is 16.1. The van der Waals surface area contributed by atoms with Crippen molar-refractivity contribution < 1.29 is 14.2 Å². The summed E-state index contributed by atoms with van der Waals surface area (Å²) in [6.45, 7) is 5.14. The SMILES string of the molecule is COc1ccc(CC(C)NCC2CCOCC2)cc1OC. The molecule has 1 aliphatic heterocycles. The van der Waals surface area contributed by atoms with Crippen molar-refractivity contribution in [1.82, 2.24) is 5.32 Å². The number of rotatable bonds is 7. The molecule has 1 heterocycles. The Kier molecular flexibility index (Phi) is 6.33. The Morgan fingerprint density at radius 3 is 2.57 bits per heavy atom. The van der Waals surface area contributed by atoms with Crippen molar-refractivity contribution >= 4 is 0 Å². The van der Waals surface area contributed by atoms with Crippen LogP contribution in [-0.4, -0.2) is 40.0 Å². The predicted molar refractivity (Wildman–Crippen MR) is 84.3 cm³/mol. The second kappa shape index (κ2) is 8.25. The second-order valence-electron chi connectivity index (χ2n) is 5.76. The van der Waals surface area contributed by atoms with Crippen LogP contribution in [0.4, 0.5) is 0 Å². The molecule has 0 spiro atoms. The van der Waals surface area contributed by atoms with E-state index >= 15 is 0 Å². The Bertz CT molecular complexity index is 430. The third-order valence-electron chi connectivity index (χ3n) is 4.09. The number of nitrogens with one attached hydrogen (secondary N) is 1. The van der Waals surface area contributed by atoms with E-state index in [1.165, 1.54) is 18.4 Å². The molecule has 1 saturated heterocycles. The number of methoxy groups -OCH3 is 2. The number of benzene rings is 1. The second-order valence-corrected chi connectivity index (χ2v) is 5.76. The van der Waals surface area contributed by atoms with Crippen LogP contribution in [0, 0.1) is 5.92 Å². The van der Waals surface area contributed by atoms with E-state index in [0.717, 1.165) is 43.6 Å². The first-order valence-corrected chi connectivity index (χ1v) is 7.75. The minimum Gasteiger partial charge on any atom is -0.493 e. The lowest BCUT2D eigenvalue weighted by Crippen LogP contribution is -2.34. The fourth-order valence-electron chi connectivity index (χ4n) is 2.75. The van der Waals surface area contributed by atoms with Crippen LogP contribution < -0.4 is 14.8 Å². The van der Waals surface area contributed by atoms with Crippen LogP contribution in [0.2, 0.25) is 0 Å². The molecular formula is C17H27NO3. The molecule has 0 amide bonds. The van der Waals surface area contributed by atoms with Gasteiger partial charge in [-0.05, 0) is 56.3 Å². The van der Waals surface area contributed by atoms with Crippen molar-refractivity contribution in [2.24, 2.45) is 5.92 Å². The van der Waals surface area contributed by atoms with E-state index in [1.54, 1.807) is 14.2 Å². The Balaban J connectivity index is 1.82. The van der Waals surface area contributed by atoms with Gasteiger partial charge in [0.1, 0.15) is 0 Å². The molecule has 1 aromatic carbocycles. The van der Waals surface area contributed by atoms with Gasteiger partial charge in [-0.25, -0.2) is 0 Å². The lowest BCUT2D eigenvalue weighted by Gasteiger charge is -2.24. The van der Waals surface area contributed by atoms with E-state index in [1.807, 2.05) is 6.07 Å². The minimum atomic E-state index is 0.450. The quantitative estimate of drug-likeness (QED) is 0.839. The van der Waals surface area contributed by atoms with E-state index in [-0.39, 0.29) is 0 Å². The average molecular weight is 293 g/mol. The minimum absolute atomic E-state index is 0.450. The Morgan fingerprint density at radius 1 is 1.19 bits per heavy atom. The van der Waals surface area contributed by atoms with Gasteiger partial charge >= 0.3 is 0 Å². The van der Waals surface area contributed by atoms with Crippen LogP contribution in [-0.2, 0) is 11.2 Å². The van der Waals surface area contributed by atoms with Gasteiger partial charge in [0.05, 0.1) is 14.2 Å². The molecule has 1 aromatic rings. The number of ether oxygens (including phenoxy) is 3. The van der Waals surface area contributed by atoms with Gasteiger partial charge in [0, 0.05) is 19.3 Å². The molecule has 118 valence electrons. The van der Waals surface area contributed by atoms with Crippen molar-refractivity contribution in [2.75, 3.05) is 34.0 Å². The summed E-state index contributed by atoms with van der Waals surface area (Å²) in [5, 5.41) is 3.64. The molecule has 0 aliphatic carbocycles. The molecule has 1 atom stereocenters. The summed E-state index contributed by atoms with van der Waals surface area (Å²) in [7, 11) is 3.34. The van der Waals surface area contributed by atoms with Crippen molar-refractivity contribution in [1.29, 1.82) is 0 Å². The van der Waals surface area contributed by atoms with E-state index in [0.29, 0.717) is 6.04 Å². The lowest BCUT2D eigenvalue weighted by molar-refractivity contribution is 0.0656. The molecule has 1 unspecified atom stereocenters. The maximum Gasteiger partial charge on any atom is 0.160 e. The van der Waals surface area contributed by atoms with E-state index in [9.17, 15) is 0 Å². The average Bonchev–Trinajstić information content (AvgIpc) is 2.53. The van der Waals surface area contributed by atoms with Crippen molar-refractivity contribution in [3.05, 3.63) is 23.8 Å². The largest absolute Gasteiger partial charge is 0.493 e. The summed E-state index contributed by atoms with van der Waals surface area (Å²) < 4.78 is 16.0. The van der Waals surface area contributed by atoms with Crippen LogP contribution in [0.15, 0.2) is 18.2 Å². The predicted octanol–water partition coefficient (Wildman–Crippen LogP) is 2.65. The fourth-order valence-corrected chi connectivity index (χ4v) is 2.75. The highest BCUT2D eigenvalue weighted by molar-refractivity contribution is 5.43. The first-order chi connectivity index (χ1) is 10.2. The van der Waals surface area contributed by atoms with Crippen LogP contribution in [0.3, 0.4) is 0 Å². The number of hydrogen-bond acceptors (Lipinski definition) is 4. The summed E-state index contributed by atoms with van der Waals surface area (Å²) in [6.07, 6.45) is 3.34. The van der Waals surface area contributed by atoms with Gasteiger partial charge in [-0.2, -0.15) is 0 Å². The van der Waals surface area contributed by atoms with Gasteiger partial charge in [0.25, 0.3) is 0 Å². The van der Waals surface area contributed by atoms with E-state index in [2.05, 4.69) is 24.4 Å². The Morgan fingerprint density at radius 2 is 1.90 bits per heavy atom. The summed E-state index contributed by atoms with van der Waals surface area (Å²) in [5.41, 5.74) is 1.26. The first-order valence-electron chi connectivity index (χ1n) is 7.75. The third-order valence-corrected chi connectivity index (χ3v) is 4.09. The standard InChI is InChI=1S/C17H27NO3/c1-13(18-12-14-6-8-21-9-7-14)10-15-4-5-16(19-2)17(11-15)20-3/h4-5,11,13-14,18H,6-10,12H2,1-3H3.